The molecule has 42 heavy (non-hydrogen) atoms. The zero-order valence-corrected chi connectivity index (χ0v) is 25.1. The number of benzene rings is 2. The number of hydrogen-bond donors (Lipinski definition) is 1. The molecule has 1 aliphatic heterocycles. The van der Waals surface area contributed by atoms with Crippen LogP contribution in [0.2, 0.25) is 0 Å². The molecule has 0 spiro atoms. The van der Waals surface area contributed by atoms with Gasteiger partial charge in [-0.2, -0.15) is 0 Å². The van der Waals surface area contributed by atoms with Crippen molar-refractivity contribution < 1.29 is 19.1 Å². The molecule has 1 N–H and O–H groups in total. The van der Waals surface area contributed by atoms with Gasteiger partial charge in [-0.1, -0.05) is 6.58 Å². The largest absolute Gasteiger partial charge is 0.496 e. The zero-order chi connectivity index (χ0) is 30.2. The van der Waals surface area contributed by atoms with Crippen molar-refractivity contribution in [2.24, 2.45) is 0 Å². The van der Waals surface area contributed by atoms with Crippen molar-refractivity contribution in [2.45, 2.75) is 18.9 Å². The van der Waals surface area contributed by atoms with E-state index in [9.17, 15) is 9.59 Å². The van der Waals surface area contributed by atoms with E-state index in [4.69, 9.17) is 9.47 Å². The summed E-state index contributed by atoms with van der Waals surface area (Å²) in [6.07, 6.45) is 4.36. The minimum atomic E-state index is -0.313. The SMILES string of the molecule is C=CC(=O)Nc1cc(Cc2nccc(C(=O)c3ccc(N4CC[C@H](OC)C4)cc3)n2)c(OC)cc1N(C)CCN(C)C. The lowest BCUT2D eigenvalue weighted by Gasteiger charge is -2.25. The molecule has 10 heteroatoms. The highest BCUT2D eigenvalue weighted by atomic mass is 16.5. The van der Waals surface area contributed by atoms with Crippen LogP contribution in [0, 0.1) is 0 Å². The third-order valence-corrected chi connectivity index (χ3v) is 7.40. The lowest BCUT2D eigenvalue weighted by Crippen LogP contribution is -2.29. The highest BCUT2D eigenvalue weighted by Crippen LogP contribution is 2.34. The fourth-order valence-corrected chi connectivity index (χ4v) is 4.92. The predicted octanol–water partition coefficient (Wildman–Crippen LogP) is 3.65. The van der Waals surface area contributed by atoms with Crippen molar-refractivity contribution in [1.29, 1.82) is 0 Å². The Morgan fingerprint density at radius 1 is 1.12 bits per heavy atom. The molecule has 0 bridgehead atoms. The molecule has 1 atom stereocenters. The number of aromatic nitrogens is 2. The van der Waals surface area contributed by atoms with Crippen LogP contribution in [-0.2, 0) is 16.0 Å². The summed E-state index contributed by atoms with van der Waals surface area (Å²) >= 11 is 0. The maximum absolute atomic E-state index is 13.3. The van der Waals surface area contributed by atoms with Gasteiger partial charge in [0.1, 0.15) is 17.3 Å². The van der Waals surface area contributed by atoms with Crippen LogP contribution in [0.3, 0.4) is 0 Å². The molecule has 2 aromatic carbocycles. The van der Waals surface area contributed by atoms with Gasteiger partial charge in [0, 0.05) is 75.8 Å². The number of nitrogens with one attached hydrogen (secondary N) is 1. The maximum Gasteiger partial charge on any atom is 0.247 e. The molecule has 3 aromatic rings. The fraction of sp³-hybridized carbons (Fsp3) is 0.375. The van der Waals surface area contributed by atoms with Gasteiger partial charge >= 0.3 is 0 Å². The molecule has 1 aliphatic rings. The Bertz CT molecular complexity index is 1410. The standard InChI is InChI=1S/C32H40N6O4/c1-7-31(39)35-27-18-23(29(42-6)20-28(27)37(4)17-16-36(2)3)19-30-33-14-12-26(34-30)32(40)22-8-10-24(11-9-22)38-15-13-25(21-38)41-5/h7-12,14,18,20,25H,1,13,15-17,19,21H2,2-6H3,(H,35,39)/t25-/m0/s1. The van der Waals surface area contributed by atoms with Gasteiger partial charge in [0.05, 0.1) is 24.6 Å². The summed E-state index contributed by atoms with van der Waals surface area (Å²) in [6.45, 7) is 6.93. The first-order chi connectivity index (χ1) is 20.2. The van der Waals surface area contributed by atoms with E-state index in [1.807, 2.05) is 57.5 Å². The van der Waals surface area contributed by atoms with E-state index in [2.05, 4.69) is 36.6 Å². The van der Waals surface area contributed by atoms with Crippen LogP contribution in [0.25, 0.3) is 0 Å². The monoisotopic (exact) mass is 572 g/mol. The molecule has 1 aromatic heterocycles. The molecule has 4 rings (SSSR count). The first-order valence-corrected chi connectivity index (χ1v) is 14.0. The Morgan fingerprint density at radius 2 is 1.88 bits per heavy atom. The number of carbonyl (C=O) groups is 2. The van der Waals surface area contributed by atoms with Crippen molar-refractivity contribution in [3.63, 3.8) is 0 Å². The number of likely N-dealkylation sites (N-methyl/N-ethyl adjacent to an activating group) is 2. The van der Waals surface area contributed by atoms with Crippen molar-refractivity contribution in [3.05, 3.63) is 84.0 Å². The van der Waals surface area contributed by atoms with Crippen LogP contribution in [0.15, 0.2) is 61.3 Å². The van der Waals surface area contributed by atoms with Crippen LogP contribution in [0.4, 0.5) is 17.1 Å². The van der Waals surface area contributed by atoms with Gasteiger partial charge in [-0.15, -0.1) is 0 Å². The Hall–Kier alpha value is -4.28. The average molecular weight is 573 g/mol. The van der Waals surface area contributed by atoms with Gasteiger partial charge < -0.3 is 29.5 Å². The topological polar surface area (TPSA) is 100 Å². The van der Waals surface area contributed by atoms with E-state index in [0.717, 1.165) is 49.5 Å². The van der Waals surface area contributed by atoms with Crippen molar-refractivity contribution in [3.8, 4) is 5.75 Å². The summed E-state index contributed by atoms with van der Waals surface area (Å²) < 4.78 is 11.2. The summed E-state index contributed by atoms with van der Waals surface area (Å²) in [7, 11) is 9.33. The molecular formula is C32H40N6O4. The number of ketones is 1. The minimum absolute atomic E-state index is 0.176. The Labute approximate surface area is 248 Å². The summed E-state index contributed by atoms with van der Waals surface area (Å²) in [5.41, 5.74) is 4.15. The van der Waals surface area contributed by atoms with Crippen molar-refractivity contribution in [1.82, 2.24) is 14.9 Å². The number of rotatable bonds is 13. The van der Waals surface area contributed by atoms with Gasteiger partial charge in [0.2, 0.25) is 11.7 Å². The zero-order valence-electron chi connectivity index (χ0n) is 25.1. The third kappa shape index (κ3) is 7.51. The Balaban J connectivity index is 1.56. The predicted molar refractivity (Wildman–Crippen MR) is 166 cm³/mol. The molecule has 1 saturated heterocycles. The second kappa shape index (κ2) is 14.1. The number of hydrogen-bond acceptors (Lipinski definition) is 9. The molecule has 222 valence electrons. The molecular weight excluding hydrogens is 532 g/mol. The number of carbonyl (C=O) groups excluding carboxylic acids is 2. The first kappa shape index (κ1) is 30.7. The van der Waals surface area contributed by atoms with Crippen LogP contribution in [0.1, 0.15) is 33.9 Å². The van der Waals surface area contributed by atoms with Crippen molar-refractivity contribution in [2.75, 3.05) is 76.7 Å². The summed E-state index contributed by atoms with van der Waals surface area (Å²) in [5, 5.41) is 2.91. The highest BCUT2D eigenvalue weighted by molar-refractivity contribution is 6.07. The summed E-state index contributed by atoms with van der Waals surface area (Å²) in [5.74, 6) is 0.608. The average Bonchev–Trinajstić information content (AvgIpc) is 3.49. The van der Waals surface area contributed by atoms with Gasteiger partial charge in [-0.3, -0.25) is 9.59 Å². The number of ether oxygens (including phenoxy) is 2. The highest BCUT2D eigenvalue weighted by Gasteiger charge is 2.23. The number of methoxy groups -OCH3 is 2. The summed E-state index contributed by atoms with van der Waals surface area (Å²) in [6, 6.07) is 13.0. The third-order valence-electron chi connectivity index (χ3n) is 7.40. The van der Waals surface area contributed by atoms with E-state index in [-0.39, 0.29) is 17.8 Å². The smallest absolute Gasteiger partial charge is 0.247 e. The first-order valence-electron chi connectivity index (χ1n) is 14.0. The van der Waals surface area contributed by atoms with E-state index >= 15 is 0 Å². The van der Waals surface area contributed by atoms with E-state index < -0.39 is 0 Å². The number of anilines is 3. The molecule has 0 aliphatic carbocycles. The molecule has 0 radical (unpaired) electrons. The quantitative estimate of drug-likeness (QED) is 0.243. The fourth-order valence-electron chi connectivity index (χ4n) is 4.92. The van der Waals surface area contributed by atoms with Crippen LogP contribution in [-0.4, -0.2) is 94.2 Å². The van der Waals surface area contributed by atoms with E-state index in [1.165, 1.54) is 6.08 Å². The molecule has 0 saturated carbocycles. The number of nitrogens with zero attached hydrogens (tertiary/aromatic N) is 5. The van der Waals surface area contributed by atoms with Gasteiger partial charge in [-0.25, -0.2) is 9.97 Å². The maximum atomic E-state index is 13.3. The van der Waals surface area contributed by atoms with Gasteiger partial charge in [-0.05, 0) is 63.0 Å². The second-order valence-electron chi connectivity index (χ2n) is 10.6. The van der Waals surface area contributed by atoms with Gasteiger partial charge in [0.15, 0.2) is 0 Å². The van der Waals surface area contributed by atoms with Crippen LogP contribution in [0.5, 0.6) is 5.75 Å². The molecule has 1 fully saturated rings. The molecule has 10 nitrogen and oxygen atoms in total. The Kier molecular flexibility index (Phi) is 10.3. The Morgan fingerprint density at radius 3 is 2.52 bits per heavy atom. The minimum Gasteiger partial charge on any atom is -0.496 e. The van der Waals surface area contributed by atoms with Crippen LogP contribution >= 0.6 is 0 Å². The lowest BCUT2D eigenvalue weighted by molar-refractivity contribution is -0.111. The van der Waals surface area contributed by atoms with E-state index in [0.29, 0.717) is 34.9 Å². The molecule has 1 amide bonds. The van der Waals surface area contributed by atoms with Crippen molar-refractivity contribution >= 4 is 28.8 Å². The normalized spacial score (nSPS) is 14.6. The van der Waals surface area contributed by atoms with E-state index in [1.54, 1.807) is 26.5 Å². The van der Waals surface area contributed by atoms with Gasteiger partial charge in [0.25, 0.3) is 0 Å². The van der Waals surface area contributed by atoms with Crippen LogP contribution < -0.4 is 19.9 Å². The summed E-state index contributed by atoms with van der Waals surface area (Å²) in [4.78, 5) is 41.0. The molecule has 0 unspecified atom stereocenters. The molecule has 2 heterocycles. The second-order valence-corrected chi connectivity index (χ2v) is 10.6. The lowest BCUT2D eigenvalue weighted by atomic mass is 10.1. The number of amides is 1.